The lowest BCUT2D eigenvalue weighted by Gasteiger charge is -2.05. The SMILES string of the molecule is CCOc1cn(C)c2c1cnc1c(Br)c(F)ccc12. The summed E-state index contributed by atoms with van der Waals surface area (Å²) in [6.07, 6.45) is 3.65. The molecule has 3 nitrogen and oxygen atoms in total. The van der Waals surface area contributed by atoms with Crippen LogP contribution in [0.3, 0.4) is 0 Å². The molecular formula is C14H12BrFN2O. The fourth-order valence-corrected chi connectivity index (χ4v) is 2.78. The number of ether oxygens (including phenoxy) is 1. The molecule has 0 bridgehead atoms. The molecule has 2 heterocycles. The summed E-state index contributed by atoms with van der Waals surface area (Å²) in [4.78, 5) is 4.35. The van der Waals surface area contributed by atoms with Crippen molar-refractivity contribution >= 4 is 37.7 Å². The van der Waals surface area contributed by atoms with Crippen LogP contribution < -0.4 is 4.74 Å². The number of halogens is 2. The van der Waals surface area contributed by atoms with E-state index in [4.69, 9.17) is 4.74 Å². The third-order valence-electron chi connectivity index (χ3n) is 3.13. The van der Waals surface area contributed by atoms with Crippen LogP contribution in [0.1, 0.15) is 6.92 Å². The van der Waals surface area contributed by atoms with Crippen LogP contribution in [0.15, 0.2) is 29.0 Å². The Balaban J connectivity index is 2.44. The molecule has 0 saturated heterocycles. The first-order valence-electron chi connectivity index (χ1n) is 5.98. The number of nitrogens with zero attached hydrogens (tertiary/aromatic N) is 2. The van der Waals surface area contributed by atoms with Gasteiger partial charge in [-0.05, 0) is 35.0 Å². The van der Waals surface area contributed by atoms with Gasteiger partial charge in [-0.25, -0.2) is 4.39 Å². The van der Waals surface area contributed by atoms with Gasteiger partial charge in [-0.3, -0.25) is 4.98 Å². The van der Waals surface area contributed by atoms with Crippen LogP contribution in [-0.4, -0.2) is 16.2 Å². The Kier molecular flexibility index (Phi) is 2.93. The van der Waals surface area contributed by atoms with Gasteiger partial charge >= 0.3 is 0 Å². The molecule has 1 aromatic carbocycles. The molecule has 19 heavy (non-hydrogen) atoms. The van der Waals surface area contributed by atoms with Crippen LogP contribution in [0, 0.1) is 5.82 Å². The molecule has 0 fully saturated rings. The average Bonchev–Trinajstić information content (AvgIpc) is 2.71. The first-order valence-corrected chi connectivity index (χ1v) is 6.77. The van der Waals surface area contributed by atoms with Gasteiger partial charge in [0.15, 0.2) is 0 Å². The Hall–Kier alpha value is -1.62. The summed E-state index contributed by atoms with van der Waals surface area (Å²) >= 11 is 3.25. The van der Waals surface area contributed by atoms with Gasteiger partial charge in [0.1, 0.15) is 11.6 Å². The van der Waals surface area contributed by atoms with Crippen molar-refractivity contribution in [1.82, 2.24) is 9.55 Å². The quantitative estimate of drug-likeness (QED) is 0.712. The van der Waals surface area contributed by atoms with E-state index in [0.717, 1.165) is 22.0 Å². The molecule has 0 radical (unpaired) electrons. The van der Waals surface area contributed by atoms with Crippen molar-refractivity contribution in [2.45, 2.75) is 6.92 Å². The Bertz CT molecular complexity index is 782. The summed E-state index contributed by atoms with van der Waals surface area (Å²) in [5, 5.41) is 1.84. The predicted octanol–water partition coefficient (Wildman–Crippen LogP) is 4.03. The van der Waals surface area contributed by atoms with Crippen LogP contribution in [0.5, 0.6) is 5.75 Å². The topological polar surface area (TPSA) is 27.1 Å². The van der Waals surface area contributed by atoms with Gasteiger partial charge in [0.2, 0.25) is 0 Å². The van der Waals surface area contributed by atoms with Crippen molar-refractivity contribution in [2.75, 3.05) is 6.61 Å². The van der Waals surface area contributed by atoms with Crippen molar-refractivity contribution < 1.29 is 9.13 Å². The molecule has 0 saturated carbocycles. The van der Waals surface area contributed by atoms with Gasteiger partial charge in [-0.2, -0.15) is 0 Å². The highest BCUT2D eigenvalue weighted by atomic mass is 79.9. The minimum absolute atomic E-state index is 0.307. The van der Waals surface area contributed by atoms with Gasteiger partial charge in [0, 0.05) is 24.8 Å². The van der Waals surface area contributed by atoms with Crippen molar-refractivity contribution in [1.29, 1.82) is 0 Å². The number of rotatable bonds is 2. The smallest absolute Gasteiger partial charge is 0.146 e. The highest BCUT2D eigenvalue weighted by Gasteiger charge is 2.14. The van der Waals surface area contributed by atoms with Crippen LogP contribution in [0.25, 0.3) is 21.8 Å². The van der Waals surface area contributed by atoms with Gasteiger partial charge in [-0.1, -0.05) is 0 Å². The normalized spacial score (nSPS) is 11.4. The zero-order valence-corrected chi connectivity index (χ0v) is 12.2. The Morgan fingerprint density at radius 1 is 1.37 bits per heavy atom. The zero-order chi connectivity index (χ0) is 13.6. The maximum absolute atomic E-state index is 13.6. The Morgan fingerprint density at radius 2 is 2.16 bits per heavy atom. The first kappa shape index (κ1) is 12.4. The maximum Gasteiger partial charge on any atom is 0.146 e. The fourth-order valence-electron chi connectivity index (χ4n) is 2.33. The molecule has 0 aliphatic carbocycles. The van der Waals surface area contributed by atoms with Gasteiger partial charge in [0.25, 0.3) is 0 Å². The molecule has 0 atom stereocenters. The summed E-state index contributed by atoms with van der Waals surface area (Å²) in [6, 6.07) is 3.20. The lowest BCUT2D eigenvalue weighted by molar-refractivity contribution is 0.343. The summed E-state index contributed by atoms with van der Waals surface area (Å²) in [6.45, 7) is 2.55. The number of fused-ring (bicyclic) bond motifs is 3. The second kappa shape index (κ2) is 4.49. The van der Waals surface area contributed by atoms with Crippen molar-refractivity contribution in [3.05, 3.63) is 34.8 Å². The van der Waals surface area contributed by atoms with Crippen LogP contribution >= 0.6 is 15.9 Å². The largest absolute Gasteiger partial charge is 0.492 e. The van der Waals surface area contributed by atoms with E-state index < -0.39 is 0 Å². The standard InChI is InChI=1S/C14H12BrFN2O/c1-3-19-11-7-18(2)14-8-4-5-10(16)12(15)13(8)17-6-9(11)14/h4-7H,3H2,1-2H3. The van der Waals surface area contributed by atoms with Gasteiger partial charge in [0.05, 0.1) is 27.5 Å². The molecule has 3 aromatic rings. The van der Waals surface area contributed by atoms with E-state index in [9.17, 15) is 4.39 Å². The van der Waals surface area contributed by atoms with E-state index in [1.54, 1.807) is 12.3 Å². The van der Waals surface area contributed by atoms with E-state index >= 15 is 0 Å². The fraction of sp³-hybridized carbons (Fsp3) is 0.214. The molecule has 0 unspecified atom stereocenters. The van der Waals surface area contributed by atoms with Crippen molar-refractivity contribution in [3.8, 4) is 5.75 Å². The number of aromatic nitrogens is 2. The number of hydrogen-bond donors (Lipinski definition) is 0. The van der Waals surface area contributed by atoms with E-state index in [1.807, 2.05) is 24.7 Å². The third-order valence-corrected chi connectivity index (χ3v) is 3.89. The van der Waals surface area contributed by atoms with Gasteiger partial charge in [-0.15, -0.1) is 0 Å². The summed E-state index contributed by atoms with van der Waals surface area (Å²) in [5.74, 6) is 0.494. The third kappa shape index (κ3) is 1.80. The Morgan fingerprint density at radius 3 is 2.89 bits per heavy atom. The molecule has 0 spiro atoms. The van der Waals surface area contributed by atoms with Crippen molar-refractivity contribution in [3.63, 3.8) is 0 Å². The second-order valence-electron chi connectivity index (χ2n) is 4.32. The van der Waals surface area contributed by atoms with E-state index in [1.165, 1.54) is 6.07 Å². The molecule has 0 aliphatic rings. The first-order chi connectivity index (χ1) is 9.13. The molecule has 98 valence electrons. The molecule has 5 heteroatoms. The lowest BCUT2D eigenvalue weighted by Crippen LogP contribution is -1.90. The highest BCUT2D eigenvalue weighted by molar-refractivity contribution is 9.10. The molecule has 0 N–H and O–H groups in total. The highest BCUT2D eigenvalue weighted by Crippen LogP contribution is 2.35. The number of hydrogen-bond acceptors (Lipinski definition) is 2. The predicted molar refractivity (Wildman–Crippen MR) is 77.0 cm³/mol. The second-order valence-corrected chi connectivity index (χ2v) is 5.11. The summed E-state index contributed by atoms with van der Waals surface area (Å²) < 4.78 is 21.5. The number of benzene rings is 1. The van der Waals surface area contributed by atoms with E-state index in [-0.39, 0.29) is 5.82 Å². The monoisotopic (exact) mass is 322 g/mol. The molecule has 3 rings (SSSR count). The maximum atomic E-state index is 13.6. The minimum atomic E-state index is -0.307. The molecule has 0 aliphatic heterocycles. The zero-order valence-electron chi connectivity index (χ0n) is 10.6. The van der Waals surface area contributed by atoms with Crippen LogP contribution in [-0.2, 0) is 7.05 Å². The summed E-state index contributed by atoms with van der Waals surface area (Å²) in [7, 11) is 1.95. The molecular weight excluding hydrogens is 311 g/mol. The number of pyridine rings is 1. The lowest BCUT2D eigenvalue weighted by atomic mass is 10.1. The Labute approximate surface area is 118 Å². The molecule has 0 amide bonds. The van der Waals surface area contributed by atoms with E-state index in [2.05, 4.69) is 20.9 Å². The summed E-state index contributed by atoms with van der Waals surface area (Å²) in [5.41, 5.74) is 1.62. The molecule has 2 aromatic heterocycles. The minimum Gasteiger partial charge on any atom is -0.492 e. The van der Waals surface area contributed by atoms with Crippen LogP contribution in [0.4, 0.5) is 4.39 Å². The van der Waals surface area contributed by atoms with Crippen molar-refractivity contribution in [2.24, 2.45) is 7.05 Å². The van der Waals surface area contributed by atoms with E-state index in [0.29, 0.717) is 16.6 Å². The van der Waals surface area contributed by atoms with Gasteiger partial charge < -0.3 is 9.30 Å². The van der Waals surface area contributed by atoms with Crippen LogP contribution in [0.2, 0.25) is 0 Å². The average molecular weight is 323 g/mol. The number of aryl methyl sites for hydroxylation is 1.